The van der Waals surface area contributed by atoms with Crippen molar-refractivity contribution in [3.05, 3.63) is 33.3 Å². The Morgan fingerprint density at radius 2 is 2.33 bits per heavy atom. The highest BCUT2D eigenvalue weighted by molar-refractivity contribution is 6.30. The normalized spacial score (nSPS) is 19.2. The first kappa shape index (κ1) is 13.1. The van der Waals surface area contributed by atoms with Gasteiger partial charge in [-0.2, -0.15) is 0 Å². The summed E-state index contributed by atoms with van der Waals surface area (Å²) in [5, 5.41) is 11.4. The van der Waals surface area contributed by atoms with E-state index in [9.17, 15) is 10.1 Å². The van der Waals surface area contributed by atoms with Crippen LogP contribution in [0.5, 0.6) is 0 Å². The molecule has 98 valence electrons. The van der Waals surface area contributed by atoms with Gasteiger partial charge in [-0.1, -0.05) is 11.6 Å². The van der Waals surface area contributed by atoms with Gasteiger partial charge in [-0.25, -0.2) is 0 Å². The highest BCUT2D eigenvalue weighted by Crippen LogP contribution is 2.34. The van der Waals surface area contributed by atoms with Crippen molar-refractivity contribution in [3.63, 3.8) is 0 Å². The molecule has 1 aliphatic rings. The Hall–Kier alpha value is -1.33. The number of benzene rings is 1. The monoisotopic (exact) mass is 269 g/mol. The Bertz CT molecular complexity index is 453. The van der Waals surface area contributed by atoms with Crippen LogP contribution >= 0.6 is 11.6 Å². The van der Waals surface area contributed by atoms with Crippen molar-refractivity contribution in [3.8, 4) is 0 Å². The van der Waals surface area contributed by atoms with Crippen LogP contribution in [-0.4, -0.2) is 24.6 Å². The molecule has 1 aromatic carbocycles. The molecule has 1 saturated heterocycles. The van der Waals surface area contributed by atoms with Crippen molar-refractivity contribution >= 4 is 23.0 Å². The SMILES string of the molecule is NCCC1CCN(c2ccc(Cl)cc2[N+](=O)[O-])C1. The van der Waals surface area contributed by atoms with E-state index in [-0.39, 0.29) is 10.6 Å². The average Bonchev–Trinajstić information content (AvgIpc) is 2.78. The van der Waals surface area contributed by atoms with Gasteiger partial charge < -0.3 is 10.6 Å². The molecular weight excluding hydrogens is 254 g/mol. The smallest absolute Gasteiger partial charge is 0.294 e. The predicted molar refractivity (Wildman–Crippen MR) is 72.1 cm³/mol. The molecule has 0 amide bonds. The number of nitro groups is 1. The third-order valence-corrected chi connectivity index (χ3v) is 3.57. The molecule has 1 aliphatic heterocycles. The van der Waals surface area contributed by atoms with Gasteiger partial charge in [0, 0.05) is 24.2 Å². The van der Waals surface area contributed by atoms with Crippen LogP contribution in [0.2, 0.25) is 5.02 Å². The number of nitrogens with two attached hydrogens (primary N) is 1. The zero-order valence-corrected chi connectivity index (χ0v) is 10.8. The highest BCUT2D eigenvalue weighted by atomic mass is 35.5. The molecule has 6 heteroatoms. The molecule has 5 nitrogen and oxygen atoms in total. The number of halogens is 1. The summed E-state index contributed by atoms with van der Waals surface area (Å²) in [7, 11) is 0. The Morgan fingerprint density at radius 3 is 3.00 bits per heavy atom. The number of hydrogen-bond donors (Lipinski definition) is 1. The molecule has 2 N–H and O–H groups in total. The summed E-state index contributed by atoms with van der Waals surface area (Å²) in [5.41, 5.74) is 6.28. The van der Waals surface area contributed by atoms with Crippen molar-refractivity contribution in [1.82, 2.24) is 0 Å². The maximum atomic E-state index is 11.0. The maximum Gasteiger partial charge on any atom is 0.294 e. The number of nitro benzene ring substituents is 1. The van der Waals surface area contributed by atoms with Gasteiger partial charge in [0.25, 0.3) is 5.69 Å². The lowest BCUT2D eigenvalue weighted by atomic mass is 10.1. The van der Waals surface area contributed by atoms with Gasteiger partial charge in [-0.3, -0.25) is 10.1 Å². The van der Waals surface area contributed by atoms with E-state index in [0.29, 0.717) is 23.2 Å². The summed E-state index contributed by atoms with van der Waals surface area (Å²) in [5.74, 6) is 0.533. The summed E-state index contributed by atoms with van der Waals surface area (Å²) in [4.78, 5) is 12.7. The quantitative estimate of drug-likeness (QED) is 0.673. The van der Waals surface area contributed by atoms with Gasteiger partial charge >= 0.3 is 0 Å². The Kier molecular flexibility index (Phi) is 4.04. The molecule has 1 aromatic rings. The molecule has 2 rings (SSSR count). The predicted octanol–water partition coefficient (Wildman–Crippen LogP) is 2.42. The van der Waals surface area contributed by atoms with Crippen LogP contribution in [0.25, 0.3) is 0 Å². The lowest BCUT2D eigenvalue weighted by Gasteiger charge is -2.18. The van der Waals surface area contributed by atoms with Crippen molar-refractivity contribution in [2.45, 2.75) is 12.8 Å². The lowest BCUT2D eigenvalue weighted by molar-refractivity contribution is -0.384. The third kappa shape index (κ3) is 2.73. The van der Waals surface area contributed by atoms with Crippen molar-refractivity contribution < 1.29 is 4.92 Å². The van der Waals surface area contributed by atoms with Gasteiger partial charge in [0.15, 0.2) is 0 Å². The van der Waals surface area contributed by atoms with Crippen molar-refractivity contribution in [2.75, 3.05) is 24.5 Å². The first-order valence-electron chi connectivity index (χ1n) is 6.00. The molecular formula is C12H16ClN3O2. The minimum Gasteiger partial charge on any atom is -0.366 e. The number of anilines is 1. The second-order valence-electron chi connectivity index (χ2n) is 4.57. The third-order valence-electron chi connectivity index (χ3n) is 3.34. The molecule has 1 fully saturated rings. The molecule has 0 spiro atoms. The van der Waals surface area contributed by atoms with Crippen LogP contribution in [-0.2, 0) is 0 Å². The van der Waals surface area contributed by atoms with E-state index < -0.39 is 0 Å². The van der Waals surface area contributed by atoms with E-state index in [1.54, 1.807) is 12.1 Å². The topological polar surface area (TPSA) is 72.4 Å². The van der Waals surface area contributed by atoms with Crippen LogP contribution in [0.1, 0.15) is 12.8 Å². The molecule has 1 unspecified atom stereocenters. The number of nitrogens with zero attached hydrogens (tertiary/aromatic N) is 2. The summed E-state index contributed by atoms with van der Waals surface area (Å²) >= 11 is 5.81. The zero-order valence-electron chi connectivity index (χ0n) is 10.0. The van der Waals surface area contributed by atoms with Crippen LogP contribution in [0.3, 0.4) is 0 Å². The number of hydrogen-bond acceptors (Lipinski definition) is 4. The van der Waals surface area contributed by atoms with Crippen molar-refractivity contribution in [1.29, 1.82) is 0 Å². The van der Waals surface area contributed by atoms with Crippen LogP contribution in [0, 0.1) is 16.0 Å². The first-order valence-corrected chi connectivity index (χ1v) is 6.38. The highest BCUT2D eigenvalue weighted by Gasteiger charge is 2.27. The van der Waals surface area contributed by atoms with Gasteiger partial charge in [-0.15, -0.1) is 0 Å². The van der Waals surface area contributed by atoms with Crippen LogP contribution in [0.15, 0.2) is 18.2 Å². The Morgan fingerprint density at radius 1 is 1.56 bits per heavy atom. The van der Waals surface area contributed by atoms with Crippen LogP contribution in [0.4, 0.5) is 11.4 Å². The fourth-order valence-corrected chi connectivity index (χ4v) is 2.60. The zero-order chi connectivity index (χ0) is 13.1. The number of rotatable bonds is 4. The van der Waals surface area contributed by atoms with Gasteiger partial charge in [0.2, 0.25) is 0 Å². The second-order valence-corrected chi connectivity index (χ2v) is 5.00. The largest absolute Gasteiger partial charge is 0.366 e. The van der Waals surface area contributed by atoms with E-state index in [0.717, 1.165) is 25.9 Å². The standard InChI is InChI=1S/C12H16ClN3O2/c13-10-1-2-11(12(7-10)16(17)18)15-6-4-9(8-15)3-5-14/h1-2,7,9H,3-6,8,14H2. The molecule has 0 aromatic heterocycles. The fraction of sp³-hybridized carbons (Fsp3) is 0.500. The molecule has 1 atom stereocenters. The van der Waals surface area contributed by atoms with E-state index in [1.165, 1.54) is 6.07 Å². The molecule has 0 saturated carbocycles. The lowest BCUT2D eigenvalue weighted by Crippen LogP contribution is -2.21. The van der Waals surface area contributed by atoms with Crippen LogP contribution < -0.4 is 10.6 Å². The summed E-state index contributed by atoms with van der Waals surface area (Å²) < 4.78 is 0. The molecule has 0 aliphatic carbocycles. The summed E-state index contributed by atoms with van der Waals surface area (Å²) in [6.45, 7) is 2.34. The molecule has 1 heterocycles. The maximum absolute atomic E-state index is 11.0. The Labute approximate surface area is 111 Å². The first-order chi connectivity index (χ1) is 8.61. The minimum absolute atomic E-state index is 0.0795. The average molecular weight is 270 g/mol. The summed E-state index contributed by atoms with van der Waals surface area (Å²) in [6.07, 6.45) is 2.01. The van der Waals surface area contributed by atoms with E-state index in [1.807, 2.05) is 0 Å². The van der Waals surface area contributed by atoms with E-state index >= 15 is 0 Å². The van der Waals surface area contributed by atoms with Gasteiger partial charge in [0.05, 0.1) is 4.92 Å². The fourth-order valence-electron chi connectivity index (χ4n) is 2.43. The minimum atomic E-state index is -0.378. The molecule has 0 radical (unpaired) electrons. The Balaban J connectivity index is 2.21. The van der Waals surface area contributed by atoms with Gasteiger partial charge in [-0.05, 0) is 37.4 Å². The summed E-state index contributed by atoms with van der Waals surface area (Å²) in [6, 6.07) is 4.83. The van der Waals surface area contributed by atoms with Crippen molar-refractivity contribution in [2.24, 2.45) is 11.7 Å². The van der Waals surface area contributed by atoms with E-state index in [2.05, 4.69) is 4.90 Å². The second kappa shape index (κ2) is 5.54. The van der Waals surface area contributed by atoms with Gasteiger partial charge in [0.1, 0.15) is 5.69 Å². The molecule has 0 bridgehead atoms. The van der Waals surface area contributed by atoms with E-state index in [4.69, 9.17) is 17.3 Å². The molecule has 18 heavy (non-hydrogen) atoms.